The second kappa shape index (κ2) is 5.90. The molecule has 1 N–H and O–H groups in total. The topological polar surface area (TPSA) is 46.9 Å². The van der Waals surface area contributed by atoms with Gasteiger partial charge in [-0.05, 0) is 37.0 Å². The summed E-state index contributed by atoms with van der Waals surface area (Å²) >= 11 is 0. The van der Waals surface area contributed by atoms with Gasteiger partial charge in [0.1, 0.15) is 5.82 Å². The van der Waals surface area contributed by atoms with Crippen LogP contribution in [0.5, 0.6) is 0 Å². The summed E-state index contributed by atoms with van der Waals surface area (Å²) in [6, 6.07) is 7.59. The van der Waals surface area contributed by atoms with Crippen LogP contribution in [-0.2, 0) is 6.54 Å². The number of hydrogen-bond donors (Lipinski definition) is 1. The van der Waals surface area contributed by atoms with Gasteiger partial charge < -0.3 is 5.32 Å². The predicted molar refractivity (Wildman–Crippen MR) is 80.9 cm³/mol. The number of carbonyl (C=O) groups excluding carboxylic acids is 1. The summed E-state index contributed by atoms with van der Waals surface area (Å²) in [5.41, 5.74) is 2.84. The number of aromatic nitrogens is 2. The van der Waals surface area contributed by atoms with E-state index in [2.05, 4.69) is 24.3 Å². The standard InChI is InChI=1S/C16H21N3O/c1-11(2)10-19-15(8-9-17-19)18-16(20)14-7-5-6-12(3)13(14)4/h5-9,11H,10H2,1-4H3,(H,18,20). The van der Waals surface area contributed by atoms with Crippen LogP contribution in [0.3, 0.4) is 0 Å². The Bertz CT molecular complexity index is 614. The van der Waals surface area contributed by atoms with Crippen LogP contribution in [0.2, 0.25) is 0 Å². The number of rotatable bonds is 4. The molecule has 0 fully saturated rings. The minimum atomic E-state index is -0.0864. The second-order valence-corrected chi connectivity index (χ2v) is 5.49. The van der Waals surface area contributed by atoms with E-state index in [-0.39, 0.29) is 5.91 Å². The summed E-state index contributed by atoms with van der Waals surface area (Å²) in [5, 5.41) is 7.19. The second-order valence-electron chi connectivity index (χ2n) is 5.49. The lowest BCUT2D eigenvalue weighted by atomic mass is 10.0. The van der Waals surface area contributed by atoms with Gasteiger partial charge in [0.25, 0.3) is 5.91 Å². The molecular formula is C16H21N3O. The minimum absolute atomic E-state index is 0.0864. The van der Waals surface area contributed by atoms with E-state index in [0.717, 1.165) is 23.5 Å². The van der Waals surface area contributed by atoms with Crippen molar-refractivity contribution in [3.8, 4) is 0 Å². The summed E-state index contributed by atoms with van der Waals surface area (Å²) < 4.78 is 1.83. The molecule has 106 valence electrons. The van der Waals surface area contributed by atoms with Crippen molar-refractivity contribution in [3.63, 3.8) is 0 Å². The summed E-state index contributed by atoms with van der Waals surface area (Å²) in [5.74, 6) is 1.13. The van der Waals surface area contributed by atoms with Crippen LogP contribution in [0, 0.1) is 19.8 Å². The van der Waals surface area contributed by atoms with Crippen molar-refractivity contribution < 1.29 is 4.79 Å². The Kier molecular flexibility index (Phi) is 4.23. The highest BCUT2D eigenvalue weighted by Gasteiger charge is 2.13. The maximum Gasteiger partial charge on any atom is 0.257 e. The van der Waals surface area contributed by atoms with Crippen molar-refractivity contribution in [2.24, 2.45) is 5.92 Å². The third-order valence-corrected chi connectivity index (χ3v) is 3.35. The normalized spacial score (nSPS) is 10.8. The minimum Gasteiger partial charge on any atom is -0.307 e. The van der Waals surface area contributed by atoms with E-state index in [4.69, 9.17) is 0 Å². The summed E-state index contributed by atoms with van der Waals surface area (Å²) in [6.45, 7) is 9.01. The van der Waals surface area contributed by atoms with Crippen molar-refractivity contribution >= 4 is 11.7 Å². The third kappa shape index (κ3) is 3.07. The van der Waals surface area contributed by atoms with Gasteiger partial charge in [-0.3, -0.25) is 4.79 Å². The number of hydrogen-bond acceptors (Lipinski definition) is 2. The van der Waals surface area contributed by atoms with Gasteiger partial charge in [-0.2, -0.15) is 5.10 Å². The zero-order valence-corrected chi connectivity index (χ0v) is 12.5. The van der Waals surface area contributed by atoms with Gasteiger partial charge in [0.05, 0.1) is 6.20 Å². The number of amides is 1. The molecule has 1 amide bonds. The molecule has 0 saturated heterocycles. The maximum absolute atomic E-state index is 12.4. The van der Waals surface area contributed by atoms with Crippen LogP contribution in [0.25, 0.3) is 0 Å². The maximum atomic E-state index is 12.4. The van der Waals surface area contributed by atoms with Gasteiger partial charge in [0.15, 0.2) is 0 Å². The fourth-order valence-corrected chi connectivity index (χ4v) is 2.11. The van der Waals surface area contributed by atoms with Gasteiger partial charge in [0.2, 0.25) is 0 Å². The molecule has 2 rings (SSSR count). The highest BCUT2D eigenvalue weighted by atomic mass is 16.1. The summed E-state index contributed by atoms with van der Waals surface area (Å²) in [7, 11) is 0. The lowest BCUT2D eigenvalue weighted by Crippen LogP contribution is -2.18. The number of carbonyl (C=O) groups is 1. The third-order valence-electron chi connectivity index (χ3n) is 3.35. The highest BCUT2D eigenvalue weighted by Crippen LogP contribution is 2.16. The van der Waals surface area contributed by atoms with Crippen molar-refractivity contribution in [3.05, 3.63) is 47.2 Å². The van der Waals surface area contributed by atoms with Crippen molar-refractivity contribution in [1.29, 1.82) is 0 Å². The Morgan fingerprint density at radius 2 is 2.05 bits per heavy atom. The molecule has 1 aromatic carbocycles. The van der Waals surface area contributed by atoms with E-state index in [1.165, 1.54) is 0 Å². The van der Waals surface area contributed by atoms with Crippen LogP contribution >= 0.6 is 0 Å². The molecule has 0 unspecified atom stereocenters. The van der Waals surface area contributed by atoms with E-state index in [9.17, 15) is 4.79 Å². The molecule has 0 radical (unpaired) electrons. The van der Waals surface area contributed by atoms with E-state index in [0.29, 0.717) is 11.5 Å². The van der Waals surface area contributed by atoms with Crippen LogP contribution < -0.4 is 5.32 Å². The molecule has 1 heterocycles. The Labute approximate surface area is 119 Å². The number of nitrogens with zero attached hydrogens (tertiary/aromatic N) is 2. The first kappa shape index (κ1) is 14.3. The van der Waals surface area contributed by atoms with Gasteiger partial charge in [-0.25, -0.2) is 4.68 Å². The van der Waals surface area contributed by atoms with E-state index < -0.39 is 0 Å². The van der Waals surface area contributed by atoms with Crippen LogP contribution in [0.4, 0.5) is 5.82 Å². The smallest absolute Gasteiger partial charge is 0.257 e. The molecule has 0 aliphatic rings. The van der Waals surface area contributed by atoms with Crippen molar-refractivity contribution in [2.45, 2.75) is 34.2 Å². The molecule has 0 aliphatic carbocycles. The Morgan fingerprint density at radius 1 is 1.30 bits per heavy atom. The number of nitrogens with one attached hydrogen (secondary N) is 1. The molecule has 0 bridgehead atoms. The quantitative estimate of drug-likeness (QED) is 0.926. The number of anilines is 1. The zero-order chi connectivity index (χ0) is 14.7. The first-order valence-corrected chi connectivity index (χ1v) is 6.88. The zero-order valence-electron chi connectivity index (χ0n) is 12.5. The molecule has 0 spiro atoms. The average molecular weight is 271 g/mol. The largest absolute Gasteiger partial charge is 0.307 e. The first-order valence-electron chi connectivity index (χ1n) is 6.88. The lowest BCUT2D eigenvalue weighted by molar-refractivity contribution is 0.102. The highest BCUT2D eigenvalue weighted by molar-refractivity contribution is 6.05. The molecule has 4 nitrogen and oxygen atoms in total. The molecule has 0 aliphatic heterocycles. The monoisotopic (exact) mass is 271 g/mol. The average Bonchev–Trinajstić information content (AvgIpc) is 2.79. The Hall–Kier alpha value is -2.10. The summed E-state index contributed by atoms with van der Waals surface area (Å²) in [4.78, 5) is 12.4. The molecule has 1 aromatic heterocycles. The number of benzene rings is 1. The molecule has 4 heteroatoms. The van der Waals surface area contributed by atoms with E-state index in [1.54, 1.807) is 6.20 Å². The SMILES string of the molecule is Cc1cccc(C(=O)Nc2ccnn2CC(C)C)c1C. The fourth-order valence-electron chi connectivity index (χ4n) is 2.11. The van der Waals surface area contributed by atoms with Crippen molar-refractivity contribution in [2.75, 3.05) is 5.32 Å². The molecule has 0 saturated carbocycles. The molecule has 2 aromatic rings. The molecule has 20 heavy (non-hydrogen) atoms. The van der Waals surface area contributed by atoms with E-state index >= 15 is 0 Å². The summed E-state index contributed by atoms with van der Waals surface area (Å²) in [6.07, 6.45) is 1.71. The Balaban J connectivity index is 2.20. The van der Waals surface area contributed by atoms with Crippen LogP contribution in [-0.4, -0.2) is 15.7 Å². The van der Waals surface area contributed by atoms with E-state index in [1.807, 2.05) is 42.8 Å². The van der Waals surface area contributed by atoms with Gasteiger partial charge in [-0.1, -0.05) is 26.0 Å². The number of aryl methyl sites for hydroxylation is 1. The van der Waals surface area contributed by atoms with Gasteiger partial charge in [-0.15, -0.1) is 0 Å². The van der Waals surface area contributed by atoms with Gasteiger partial charge >= 0.3 is 0 Å². The van der Waals surface area contributed by atoms with Gasteiger partial charge in [0, 0.05) is 18.2 Å². The van der Waals surface area contributed by atoms with Crippen LogP contribution in [0.1, 0.15) is 35.3 Å². The van der Waals surface area contributed by atoms with Crippen LogP contribution in [0.15, 0.2) is 30.5 Å². The fraction of sp³-hybridized carbons (Fsp3) is 0.375. The lowest BCUT2D eigenvalue weighted by Gasteiger charge is -2.12. The first-order chi connectivity index (χ1) is 9.49. The van der Waals surface area contributed by atoms with Crippen molar-refractivity contribution in [1.82, 2.24) is 9.78 Å². The predicted octanol–water partition coefficient (Wildman–Crippen LogP) is 3.41. The molecular weight excluding hydrogens is 250 g/mol. The molecule has 0 atom stereocenters. The Morgan fingerprint density at radius 3 is 2.75 bits per heavy atom.